The van der Waals surface area contributed by atoms with E-state index >= 15 is 0 Å². The summed E-state index contributed by atoms with van der Waals surface area (Å²) >= 11 is 0. The van der Waals surface area contributed by atoms with Gasteiger partial charge in [-0.2, -0.15) is 0 Å². The van der Waals surface area contributed by atoms with Gasteiger partial charge in [0.1, 0.15) is 0 Å². The normalized spacial score (nSPS) is 15.6. The lowest BCUT2D eigenvalue weighted by atomic mass is 10.1. The quantitative estimate of drug-likeness (QED) is 0.119. The summed E-state index contributed by atoms with van der Waals surface area (Å²) in [4.78, 5) is 17.4. The Labute approximate surface area is 207 Å². The van der Waals surface area contributed by atoms with Crippen molar-refractivity contribution >= 4 is 23.8 Å². The molecule has 10 heteroatoms. The smallest absolute Gasteiger partial charge is 0.195 e. The Morgan fingerprint density at radius 1 is 0.529 bits per heavy atom. The molecule has 0 aliphatic heterocycles. The second-order valence-electron chi connectivity index (χ2n) is 9.87. The Bertz CT molecular complexity index is 596. The van der Waals surface area contributed by atoms with Crippen LogP contribution in [0.1, 0.15) is 92.9 Å². The van der Waals surface area contributed by atoms with Crippen LogP contribution < -0.4 is 33.6 Å². The van der Waals surface area contributed by atoms with Crippen molar-refractivity contribution in [2.24, 2.45) is 54.7 Å². The molecular formula is C24H52N10. The highest BCUT2D eigenvalue weighted by molar-refractivity contribution is 5.97. The molecule has 10 N–H and O–H groups in total. The molecule has 0 amide bonds. The highest BCUT2D eigenvalue weighted by Crippen LogP contribution is 2.09. The summed E-state index contributed by atoms with van der Waals surface area (Å²) in [5.41, 5.74) is 23.6. The van der Waals surface area contributed by atoms with Gasteiger partial charge >= 0.3 is 0 Å². The molecule has 0 radical (unpaired) electrons. The maximum Gasteiger partial charge on any atom is 0.195 e. The van der Waals surface area contributed by atoms with Gasteiger partial charge in [-0.05, 0) is 64.2 Å². The summed E-state index contributed by atoms with van der Waals surface area (Å²) in [5.74, 6) is 2.56. The first-order chi connectivity index (χ1) is 16.0. The van der Waals surface area contributed by atoms with E-state index in [1.54, 1.807) is 0 Å². The van der Waals surface area contributed by atoms with Crippen LogP contribution in [0, 0.1) is 11.8 Å². The van der Waals surface area contributed by atoms with E-state index in [9.17, 15) is 0 Å². The van der Waals surface area contributed by atoms with Crippen LogP contribution in [0.15, 0.2) is 20.0 Å². The molecular weight excluding hydrogens is 428 g/mol. The molecule has 0 aromatic rings. The van der Waals surface area contributed by atoms with Crippen molar-refractivity contribution in [2.75, 3.05) is 13.1 Å². The standard InChI is InChI=1S/C24H52N10/c1-17(2)11-13-19(5)31-23(27)33-21(25)29-15-9-7-8-10-16-30-22(26)34-24(28)32-20(6)14-12-18(3)4/h17-20H,7-16H2,1-6H3,(H5,25,27,29,31,33)(H5,26,28,30,32,34). The minimum atomic E-state index is 0.164. The number of nitrogens with two attached hydrogens (primary N) is 4. The molecule has 0 saturated heterocycles. The van der Waals surface area contributed by atoms with Crippen LogP contribution in [0.4, 0.5) is 0 Å². The predicted octanol–water partition coefficient (Wildman–Crippen LogP) is 2.63. The summed E-state index contributed by atoms with van der Waals surface area (Å²) in [6, 6.07) is 0.327. The zero-order valence-electron chi connectivity index (χ0n) is 22.5. The average Bonchev–Trinajstić information content (AvgIpc) is 2.72. The van der Waals surface area contributed by atoms with Crippen molar-refractivity contribution in [1.82, 2.24) is 10.6 Å². The van der Waals surface area contributed by atoms with E-state index in [0.29, 0.717) is 48.8 Å². The third-order valence-corrected chi connectivity index (χ3v) is 5.19. The molecule has 0 aliphatic carbocycles. The lowest BCUT2D eigenvalue weighted by Crippen LogP contribution is -2.42. The van der Waals surface area contributed by atoms with E-state index in [4.69, 9.17) is 22.9 Å². The average molecular weight is 481 g/mol. The van der Waals surface area contributed by atoms with E-state index in [-0.39, 0.29) is 12.1 Å². The lowest BCUT2D eigenvalue weighted by molar-refractivity contribution is 0.515. The number of hydrogen-bond donors (Lipinski definition) is 6. The Morgan fingerprint density at radius 3 is 1.21 bits per heavy atom. The van der Waals surface area contributed by atoms with E-state index in [1.807, 2.05) is 0 Å². The van der Waals surface area contributed by atoms with E-state index in [1.165, 1.54) is 0 Å². The van der Waals surface area contributed by atoms with Crippen LogP contribution in [0.2, 0.25) is 0 Å². The lowest BCUT2D eigenvalue weighted by Gasteiger charge is -2.11. The number of guanidine groups is 4. The van der Waals surface area contributed by atoms with E-state index in [0.717, 1.165) is 51.4 Å². The van der Waals surface area contributed by atoms with Crippen molar-refractivity contribution in [2.45, 2.75) is 105 Å². The zero-order chi connectivity index (χ0) is 25.9. The maximum absolute atomic E-state index is 5.90. The van der Waals surface area contributed by atoms with E-state index in [2.05, 4.69) is 72.1 Å². The molecule has 0 spiro atoms. The highest BCUT2D eigenvalue weighted by Gasteiger charge is 2.05. The molecule has 0 aromatic heterocycles. The molecule has 2 unspecified atom stereocenters. The Balaban J connectivity index is 4.02. The topological polar surface area (TPSA) is 178 Å². The largest absolute Gasteiger partial charge is 0.370 e. The first kappa shape index (κ1) is 31.5. The van der Waals surface area contributed by atoms with Gasteiger partial charge in [0.15, 0.2) is 23.8 Å². The second kappa shape index (κ2) is 18.9. The molecule has 0 heterocycles. The summed E-state index contributed by atoms with van der Waals surface area (Å²) in [6.45, 7) is 14.2. The minimum Gasteiger partial charge on any atom is -0.370 e. The first-order valence-corrected chi connectivity index (χ1v) is 12.8. The van der Waals surface area contributed by atoms with Crippen molar-refractivity contribution in [1.29, 1.82) is 0 Å². The fourth-order valence-electron chi connectivity index (χ4n) is 3.14. The zero-order valence-corrected chi connectivity index (χ0v) is 22.5. The minimum absolute atomic E-state index is 0.164. The molecule has 0 rings (SSSR count). The van der Waals surface area contributed by atoms with Gasteiger partial charge in [0.2, 0.25) is 0 Å². The van der Waals surface area contributed by atoms with Gasteiger partial charge in [0, 0.05) is 13.1 Å². The van der Waals surface area contributed by atoms with Gasteiger partial charge in [0.25, 0.3) is 0 Å². The summed E-state index contributed by atoms with van der Waals surface area (Å²) in [7, 11) is 0. The maximum atomic E-state index is 5.90. The number of aliphatic imine (C=N–C) groups is 4. The summed E-state index contributed by atoms with van der Waals surface area (Å²) in [6.07, 6.45) is 8.19. The Morgan fingerprint density at radius 2 is 0.882 bits per heavy atom. The number of nitrogens with one attached hydrogen (secondary N) is 2. The van der Waals surface area contributed by atoms with Gasteiger partial charge in [-0.1, -0.05) is 40.5 Å². The van der Waals surface area contributed by atoms with Crippen molar-refractivity contribution in [3.8, 4) is 0 Å². The van der Waals surface area contributed by atoms with Crippen molar-refractivity contribution < 1.29 is 0 Å². The predicted molar refractivity (Wildman–Crippen MR) is 148 cm³/mol. The van der Waals surface area contributed by atoms with E-state index < -0.39 is 0 Å². The van der Waals surface area contributed by atoms with Gasteiger partial charge in [-0.3, -0.25) is 30.6 Å². The van der Waals surface area contributed by atoms with Crippen LogP contribution in [0.5, 0.6) is 0 Å². The fourth-order valence-corrected chi connectivity index (χ4v) is 3.14. The molecule has 10 nitrogen and oxygen atoms in total. The monoisotopic (exact) mass is 480 g/mol. The van der Waals surface area contributed by atoms with Crippen molar-refractivity contribution in [3.63, 3.8) is 0 Å². The molecule has 34 heavy (non-hydrogen) atoms. The Hall–Kier alpha value is -2.52. The SMILES string of the molecule is CC(C)CCC(C)/N=C(/N)N/C(N)=N\CCCCCC/N=C(\N)N/C(N)=N\C(C)CCC(C)C. The molecule has 0 saturated carbocycles. The molecule has 0 aromatic carbocycles. The molecule has 0 aliphatic rings. The van der Waals surface area contributed by atoms with Crippen LogP contribution in [-0.4, -0.2) is 49.0 Å². The summed E-state index contributed by atoms with van der Waals surface area (Å²) < 4.78 is 0. The van der Waals surface area contributed by atoms with Crippen molar-refractivity contribution in [3.05, 3.63) is 0 Å². The van der Waals surface area contributed by atoms with Gasteiger partial charge < -0.3 is 22.9 Å². The molecule has 198 valence electrons. The van der Waals surface area contributed by atoms with Crippen LogP contribution in [-0.2, 0) is 0 Å². The van der Waals surface area contributed by atoms with Crippen LogP contribution in [0.3, 0.4) is 0 Å². The number of rotatable bonds is 15. The number of unbranched alkanes of at least 4 members (excludes halogenated alkanes) is 3. The number of nitrogens with zero attached hydrogens (tertiary/aromatic N) is 4. The second-order valence-corrected chi connectivity index (χ2v) is 9.87. The highest BCUT2D eigenvalue weighted by atomic mass is 15.2. The third-order valence-electron chi connectivity index (χ3n) is 5.19. The fraction of sp³-hybridized carbons (Fsp3) is 0.833. The van der Waals surface area contributed by atoms with Crippen LogP contribution >= 0.6 is 0 Å². The summed E-state index contributed by atoms with van der Waals surface area (Å²) in [5, 5.41) is 5.72. The molecule has 0 bridgehead atoms. The first-order valence-electron chi connectivity index (χ1n) is 12.8. The Kier molecular flexibility index (Phi) is 17.5. The molecule has 0 fully saturated rings. The van der Waals surface area contributed by atoms with Gasteiger partial charge in [0.05, 0.1) is 12.1 Å². The third kappa shape index (κ3) is 20.1. The van der Waals surface area contributed by atoms with Gasteiger partial charge in [-0.15, -0.1) is 0 Å². The van der Waals surface area contributed by atoms with Crippen LogP contribution in [0.25, 0.3) is 0 Å². The van der Waals surface area contributed by atoms with Gasteiger partial charge in [-0.25, -0.2) is 0 Å². The number of hydrogen-bond acceptors (Lipinski definition) is 4. The molecule has 2 atom stereocenters.